The van der Waals surface area contributed by atoms with E-state index in [1.54, 1.807) is 7.11 Å². The van der Waals surface area contributed by atoms with Crippen molar-refractivity contribution in [3.63, 3.8) is 0 Å². The predicted molar refractivity (Wildman–Crippen MR) is 90.3 cm³/mol. The number of hydrogen-bond donors (Lipinski definition) is 1. The molecule has 3 nitrogen and oxygen atoms in total. The van der Waals surface area contributed by atoms with Crippen molar-refractivity contribution in [3.05, 3.63) is 24.3 Å². The number of anilines is 1. The number of hydrogen-bond acceptors (Lipinski definition) is 3. The molecule has 2 unspecified atom stereocenters. The summed E-state index contributed by atoms with van der Waals surface area (Å²) >= 11 is 0. The molecule has 1 aromatic rings. The van der Waals surface area contributed by atoms with Gasteiger partial charge in [-0.3, -0.25) is 0 Å². The number of ether oxygens (including phenoxy) is 1. The van der Waals surface area contributed by atoms with Gasteiger partial charge in [-0.15, -0.1) is 0 Å². The number of methoxy groups -OCH3 is 1. The van der Waals surface area contributed by atoms with E-state index in [0.29, 0.717) is 5.41 Å². The van der Waals surface area contributed by atoms with Crippen LogP contribution in [0.4, 0.5) is 5.69 Å². The van der Waals surface area contributed by atoms with E-state index in [1.165, 1.54) is 31.4 Å². The highest BCUT2D eigenvalue weighted by atomic mass is 16.5. The van der Waals surface area contributed by atoms with Crippen LogP contribution in [-0.4, -0.2) is 34.3 Å². The second-order valence-electron chi connectivity index (χ2n) is 6.79. The van der Waals surface area contributed by atoms with E-state index in [2.05, 4.69) is 43.4 Å². The Morgan fingerprint density at radius 1 is 1.33 bits per heavy atom. The minimum atomic E-state index is 0.404. The van der Waals surface area contributed by atoms with Crippen LogP contribution in [0.5, 0.6) is 5.75 Å². The topological polar surface area (TPSA) is 24.5 Å². The third kappa shape index (κ3) is 4.13. The van der Waals surface area contributed by atoms with Crippen LogP contribution in [0.3, 0.4) is 0 Å². The van der Waals surface area contributed by atoms with Crippen LogP contribution in [-0.2, 0) is 0 Å². The Morgan fingerprint density at radius 3 is 2.62 bits per heavy atom. The van der Waals surface area contributed by atoms with E-state index in [-0.39, 0.29) is 0 Å². The normalized spacial score (nSPS) is 25.6. The van der Waals surface area contributed by atoms with Crippen molar-refractivity contribution in [2.24, 2.45) is 11.3 Å². The molecule has 1 aliphatic rings. The number of nitrogens with zero attached hydrogens (tertiary/aromatic N) is 1. The van der Waals surface area contributed by atoms with Crippen LogP contribution < -0.4 is 15.0 Å². The molecule has 2 atom stereocenters. The molecule has 3 heteroatoms. The first-order valence-corrected chi connectivity index (χ1v) is 8.08. The molecule has 2 rings (SSSR count). The van der Waals surface area contributed by atoms with E-state index in [0.717, 1.165) is 24.8 Å². The summed E-state index contributed by atoms with van der Waals surface area (Å²) in [7, 11) is 6.00. The third-order valence-corrected chi connectivity index (χ3v) is 4.82. The van der Waals surface area contributed by atoms with Crippen LogP contribution >= 0.6 is 0 Å². The molecule has 0 saturated heterocycles. The van der Waals surface area contributed by atoms with Gasteiger partial charge in [0.1, 0.15) is 5.75 Å². The summed E-state index contributed by atoms with van der Waals surface area (Å²) in [6, 6.07) is 8.39. The maximum absolute atomic E-state index is 5.24. The summed E-state index contributed by atoms with van der Waals surface area (Å²) in [5.74, 6) is 1.76. The molecule has 0 heterocycles. The van der Waals surface area contributed by atoms with Crippen molar-refractivity contribution in [2.75, 3.05) is 39.2 Å². The second kappa shape index (κ2) is 7.17. The van der Waals surface area contributed by atoms with Gasteiger partial charge in [0.15, 0.2) is 0 Å². The van der Waals surface area contributed by atoms with Gasteiger partial charge >= 0.3 is 0 Å². The summed E-state index contributed by atoms with van der Waals surface area (Å²) < 4.78 is 5.24. The van der Waals surface area contributed by atoms with Crippen LogP contribution in [0.15, 0.2) is 24.3 Å². The Kier molecular flexibility index (Phi) is 5.51. The van der Waals surface area contributed by atoms with Gasteiger partial charge in [-0.25, -0.2) is 0 Å². The fourth-order valence-corrected chi connectivity index (χ4v) is 3.94. The first-order valence-electron chi connectivity index (χ1n) is 8.08. The Balaban J connectivity index is 2.07. The fraction of sp³-hybridized carbons (Fsp3) is 0.667. The van der Waals surface area contributed by atoms with Gasteiger partial charge in [0.25, 0.3) is 0 Å². The third-order valence-electron chi connectivity index (χ3n) is 4.82. The standard InChI is InChI=1S/C18H30N2O/c1-15-6-5-11-18(12-15,13-19-2)14-20(3)16-7-9-17(21-4)10-8-16/h7-10,15,19H,5-6,11-14H2,1-4H3. The minimum absolute atomic E-state index is 0.404. The summed E-state index contributed by atoms with van der Waals surface area (Å²) in [4.78, 5) is 2.40. The zero-order chi connectivity index (χ0) is 15.3. The fourth-order valence-electron chi connectivity index (χ4n) is 3.94. The van der Waals surface area contributed by atoms with E-state index in [1.807, 2.05) is 12.1 Å². The molecular formula is C18H30N2O. The van der Waals surface area contributed by atoms with E-state index in [9.17, 15) is 0 Å². The summed E-state index contributed by atoms with van der Waals surface area (Å²) in [6.45, 7) is 4.62. The Labute approximate surface area is 129 Å². The zero-order valence-corrected chi connectivity index (χ0v) is 14.0. The molecule has 0 aromatic heterocycles. The summed E-state index contributed by atoms with van der Waals surface area (Å²) in [5.41, 5.74) is 1.67. The Morgan fingerprint density at radius 2 is 2.05 bits per heavy atom. The molecule has 0 radical (unpaired) electrons. The van der Waals surface area contributed by atoms with Crippen LogP contribution in [0, 0.1) is 11.3 Å². The maximum Gasteiger partial charge on any atom is 0.119 e. The van der Waals surface area contributed by atoms with E-state index in [4.69, 9.17) is 4.74 Å². The van der Waals surface area contributed by atoms with Gasteiger partial charge in [0.2, 0.25) is 0 Å². The van der Waals surface area contributed by atoms with Crippen molar-refractivity contribution < 1.29 is 4.74 Å². The van der Waals surface area contributed by atoms with Gasteiger partial charge < -0.3 is 15.0 Å². The summed E-state index contributed by atoms with van der Waals surface area (Å²) in [6.07, 6.45) is 5.41. The maximum atomic E-state index is 5.24. The molecule has 21 heavy (non-hydrogen) atoms. The second-order valence-corrected chi connectivity index (χ2v) is 6.79. The molecule has 1 saturated carbocycles. The molecule has 1 fully saturated rings. The molecule has 1 aromatic carbocycles. The van der Waals surface area contributed by atoms with Gasteiger partial charge in [-0.1, -0.05) is 19.8 Å². The first kappa shape index (κ1) is 16.2. The lowest BCUT2D eigenvalue weighted by Gasteiger charge is -2.43. The monoisotopic (exact) mass is 290 g/mol. The Hall–Kier alpha value is -1.22. The number of rotatable bonds is 6. The van der Waals surface area contributed by atoms with Crippen LogP contribution in [0.1, 0.15) is 32.6 Å². The van der Waals surface area contributed by atoms with Gasteiger partial charge in [-0.05, 0) is 50.1 Å². The highest BCUT2D eigenvalue weighted by Crippen LogP contribution is 2.40. The van der Waals surface area contributed by atoms with Gasteiger partial charge in [0, 0.05) is 31.2 Å². The molecule has 0 spiro atoms. The summed E-state index contributed by atoms with van der Waals surface area (Å²) in [5, 5.41) is 3.43. The predicted octanol–water partition coefficient (Wildman–Crippen LogP) is 3.55. The van der Waals surface area contributed by atoms with Crippen molar-refractivity contribution in [3.8, 4) is 5.75 Å². The Bertz CT molecular complexity index is 427. The van der Waals surface area contributed by atoms with Crippen molar-refractivity contribution in [2.45, 2.75) is 32.6 Å². The van der Waals surface area contributed by atoms with Gasteiger partial charge in [-0.2, -0.15) is 0 Å². The van der Waals surface area contributed by atoms with Gasteiger partial charge in [0.05, 0.1) is 7.11 Å². The minimum Gasteiger partial charge on any atom is -0.497 e. The lowest BCUT2D eigenvalue weighted by atomic mass is 9.69. The lowest BCUT2D eigenvalue weighted by molar-refractivity contribution is 0.152. The molecular weight excluding hydrogens is 260 g/mol. The smallest absolute Gasteiger partial charge is 0.119 e. The quantitative estimate of drug-likeness (QED) is 0.867. The molecule has 1 N–H and O–H groups in total. The van der Waals surface area contributed by atoms with E-state index >= 15 is 0 Å². The van der Waals surface area contributed by atoms with Crippen molar-refractivity contribution >= 4 is 5.69 Å². The first-order chi connectivity index (χ1) is 10.1. The van der Waals surface area contributed by atoms with Crippen LogP contribution in [0.25, 0.3) is 0 Å². The molecule has 118 valence electrons. The molecule has 0 amide bonds. The van der Waals surface area contributed by atoms with Crippen molar-refractivity contribution in [1.29, 1.82) is 0 Å². The average Bonchev–Trinajstić information content (AvgIpc) is 2.47. The highest BCUT2D eigenvalue weighted by Gasteiger charge is 2.35. The largest absolute Gasteiger partial charge is 0.497 e. The molecule has 0 aliphatic heterocycles. The number of benzene rings is 1. The zero-order valence-electron chi connectivity index (χ0n) is 14.0. The molecule has 0 bridgehead atoms. The van der Waals surface area contributed by atoms with E-state index < -0.39 is 0 Å². The van der Waals surface area contributed by atoms with Crippen molar-refractivity contribution in [1.82, 2.24) is 5.32 Å². The lowest BCUT2D eigenvalue weighted by Crippen LogP contribution is -2.45. The molecule has 1 aliphatic carbocycles. The highest BCUT2D eigenvalue weighted by molar-refractivity contribution is 5.48. The van der Waals surface area contributed by atoms with Crippen LogP contribution in [0.2, 0.25) is 0 Å². The number of nitrogens with one attached hydrogen (secondary N) is 1. The average molecular weight is 290 g/mol. The SMILES string of the molecule is CNCC1(CN(C)c2ccc(OC)cc2)CCCC(C)C1.